The van der Waals surface area contributed by atoms with E-state index in [0.29, 0.717) is 23.8 Å². The minimum atomic E-state index is -0.687. The first-order chi connectivity index (χ1) is 11.0. The molecule has 1 N–H and O–H groups in total. The fourth-order valence-electron chi connectivity index (χ4n) is 1.90. The molecule has 2 rings (SSSR count). The van der Waals surface area contributed by atoms with Crippen LogP contribution < -0.4 is 10.1 Å². The Morgan fingerprint density at radius 3 is 2.48 bits per heavy atom. The van der Waals surface area contributed by atoms with E-state index in [4.69, 9.17) is 4.74 Å². The molecule has 2 aromatic rings. The highest BCUT2D eigenvalue weighted by Crippen LogP contribution is 2.18. The molecule has 0 heterocycles. The molecule has 3 nitrogen and oxygen atoms in total. The third-order valence-electron chi connectivity index (χ3n) is 3.26. The predicted molar refractivity (Wildman–Crippen MR) is 85.7 cm³/mol. The van der Waals surface area contributed by atoms with Crippen LogP contribution in [0.25, 0.3) is 0 Å². The molecule has 0 aromatic heterocycles. The number of nitrogens with one attached hydrogen (secondary N) is 1. The molecule has 2 aromatic carbocycles. The third kappa shape index (κ3) is 5.06. The van der Waals surface area contributed by atoms with Gasteiger partial charge < -0.3 is 10.1 Å². The van der Waals surface area contributed by atoms with E-state index in [1.807, 2.05) is 0 Å². The van der Waals surface area contributed by atoms with Crippen molar-refractivity contribution in [3.05, 3.63) is 59.7 Å². The molecule has 0 radical (unpaired) electrons. The Morgan fingerprint density at radius 2 is 1.83 bits per heavy atom. The summed E-state index contributed by atoms with van der Waals surface area (Å²) in [5.74, 6) is -0.590. The molecule has 5 heteroatoms. The van der Waals surface area contributed by atoms with Gasteiger partial charge in [0.25, 0.3) is 5.91 Å². The lowest BCUT2D eigenvalue weighted by atomic mass is 10.1. The number of carbonyl (C=O) groups is 1. The Bertz CT molecular complexity index is 669. The quantitative estimate of drug-likeness (QED) is 0.842. The Morgan fingerprint density at radius 1 is 1.13 bits per heavy atom. The van der Waals surface area contributed by atoms with Crippen molar-refractivity contribution < 1.29 is 18.3 Å². The van der Waals surface area contributed by atoms with Crippen molar-refractivity contribution >= 4 is 11.6 Å². The van der Waals surface area contributed by atoms with E-state index in [9.17, 15) is 13.6 Å². The molecule has 0 aliphatic rings. The zero-order chi connectivity index (χ0) is 16.8. The number of benzene rings is 2. The van der Waals surface area contributed by atoms with Crippen LogP contribution in [0.3, 0.4) is 0 Å². The van der Waals surface area contributed by atoms with Gasteiger partial charge in [0.2, 0.25) is 0 Å². The van der Waals surface area contributed by atoms with Crippen molar-refractivity contribution in [2.24, 2.45) is 5.92 Å². The van der Waals surface area contributed by atoms with Crippen LogP contribution in [0, 0.1) is 17.6 Å². The van der Waals surface area contributed by atoms with Gasteiger partial charge in [-0.15, -0.1) is 0 Å². The second-order valence-electron chi connectivity index (χ2n) is 5.63. The standard InChI is InChI=1S/C18H19F2NO2/c1-12(2)9-10-23-15-6-3-13(4-7-15)18(22)21-17-11-14(19)5-8-16(17)20/h3-8,11-12H,9-10H2,1-2H3,(H,21,22). The van der Waals surface area contributed by atoms with Crippen LogP contribution in [0.4, 0.5) is 14.5 Å². The smallest absolute Gasteiger partial charge is 0.255 e. The molecule has 1 amide bonds. The SMILES string of the molecule is CC(C)CCOc1ccc(C(=O)Nc2cc(F)ccc2F)cc1. The maximum Gasteiger partial charge on any atom is 0.255 e. The van der Waals surface area contributed by atoms with Gasteiger partial charge in [0.15, 0.2) is 0 Å². The summed E-state index contributed by atoms with van der Waals surface area (Å²) in [5, 5.41) is 2.35. The van der Waals surface area contributed by atoms with Crippen LogP contribution in [-0.4, -0.2) is 12.5 Å². The van der Waals surface area contributed by atoms with Gasteiger partial charge in [-0.25, -0.2) is 8.78 Å². The van der Waals surface area contributed by atoms with Gasteiger partial charge in [-0.2, -0.15) is 0 Å². The summed E-state index contributed by atoms with van der Waals surface area (Å²) in [7, 11) is 0. The Labute approximate surface area is 134 Å². The third-order valence-corrected chi connectivity index (χ3v) is 3.26. The van der Waals surface area contributed by atoms with Crippen LogP contribution >= 0.6 is 0 Å². The van der Waals surface area contributed by atoms with Gasteiger partial charge in [0, 0.05) is 11.6 Å². The molecule has 0 saturated carbocycles. The summed E-state index contributed by atoms with van der Waals surface area (Å²) in [4.78, 5) is 12.1. The zero-order valence-corrected chi connectivity index (χ0v) is 13.1. The summed E-state index contributed by atoms with van der Waals surface area (Å²) in [5.41, 5.74) is 0.150. The highest BCUT2D eigenvalue weighted by Gasteiger charge is 2.10. The normalized spacial score (nSPS) is 10.7. The summed E-state index contributed by atoms with van der Waals surface area (Å²) in [6, 6.07) is 9.42. The highest BCUT2D eigenvalue weighted by atomic mass is 19.1. The molecule has 0 unspecified atom stereocenters. The number of ether oxygens (including phenoxy) is 1. The van der Waals surface area contributed by atoms with E-state index >= 15 is 0 Å². The monoisotopic (exact) mass is 319 g/mol. The molecule has 0 saturated heterocycles. The summed E-state index contributed by atoms with van der Waals surface area (Å²) in [6.45, 7) is 4.84. The van der Waals surface area contributed by atoms with Gasteiger partial charge >= 0.3 is 0 Å². The molecule has 0 bridgehead atoms. The molecule has 0 fully saturated rings. The van der Waals surface area contributed by atoms with Crippen molar-refractivity contribution in [1.29, 1.82) is 0 Å². The maximum atomic E-state index is 13.5. The van der Waals surface area contributed by atoms with Crippen LogP contribution in [0.15, 0.2) is 42.5 Å². The first-order valence-electron chi connectivity index (χ1n) is 7.45. The van der Waals surface area contributed by atoms with E-state index in [2.05, 4.69) is 19.2 Å². The van der Waals surface area contributed by atoms with Crippen molar-refractivity contribution in [1.82, 2.24) is 0 Å². The fraction of sp³-hybridized carbons (Fsp3) is 0.278. The van der Waals surface area contributed by atoms with E-state index in [1.165, 1.54) is 0 Å². The first kappa shape index (κ1) is 16.9. The number of anilines is 1. The minimum absolute atomic E-state index is 0.188. The highest BCUT2D eigenvalue weighted by molar-refractivity contribution is 6.04. The second-order valence-corrected chi connectivity index (χ2v) is 5.63. The largest absolute Gasteiger partial charge is 0.494 e. The van der Waals surface area contributed by atoms with E-state index in [-0.39, 0.29) is 5.69 Å². The number of hydrogen-bond acceptors (Lipinski definition) is 2. The molecular weight excluding hydrogens is 300 g/mol. The van der Waals surface area contributed by atoms with Crippen LogP contribution in [0.1, 0.15) is 30.6 Å². The lowest BCUT2D eigenvalue weighted by Gasteiger charge is -2.09. The van der Waals surface area contributed by atoms with Gasteiger partial charge in [-0.3, -0.25) is 4.79 Å². The topological polar surface area (TPSA) is 38.3 Å². The lowest BCUT2D eigenvalue weighted by Crippen LogP contribution is -2.13. The lowest BCUT2D eigenvalue weighted by molar-refractivity contribution is 0.102. The number of hydrogen-bond donors (Lipinski definition) is 1. The predicted octanol–water partition coefficient (Wildman–Crippen LogP) is 4.64. The minimum Gasteiger partial charge on any atom is -0.494 e. The van der Waals surface area contributed by atoms with Crippen LogP contribution in [-0.2, 0) is 0 Å². The van der Waals surface area contributed by atoms with E-state index in [0.717, 1.165) is 24.6 Å². The molecule has 0 aliphatic heterocycles. The molecule has 0 atom stereocenters. The summed E-state index contributed by atoms with van der Waals surface area (Å²) >= 11 is 0. The molecular formula is C18H19F2NO2. The zero-order valence-electron chi connectivity index (χ0n) is 13.1. The van der Waals surface area contributed by atoms with Crippen LogP contribution in [0.2, 0.25) is 0 Å². The Hall–Kier alpha value is -2.43. The van der Waals surface area contributed by atoms with Crippen LogP contribution in [0.5, 0.6) is 5.75 Å². The summed E-state index contributed by atoms with van der Waals surface area (Å²) in [6.07, 6.45) is 0.946. The van der Waals surface area contributed by atoms with Crippen molar-refractivity contribution in [3.63, 3.8) is 0 Å². The number of amides is 1. The van der Waals surface area contributed by atoms with E-state index in [1.54, 1.807) is 24.3 Å². The average Bonchev–Trinajstić information content (AvgIpc) is 2.51. The van der Waals surface area contributed by atoms with Crippen molar-refractivity contribution in [3.8, 4) is 5.75 Å². The average molecular weight is 319 g/mol. The molecule has 0 spiro atoms. The number of carbonyl (C=O) groups excluding carboxylic acids is 1. The molecule has 23 heavy (non-hydrogen) atoms. The van der Waals surface area contributed by atoms with Gasteiger partial charge in [0.1, 0.15) is 17.4 Å². The Kier molecular flexibility index (Phi) is 5.68. The summed E-state index contributed by atoms with van der Waals surface area (Å²) < 4.78 is 32.2. The number of halogens is 2. The van der Waals surface area contributed by atoms with Gasteiger partial charge in [-0.1, -0.05) is 13.8 Å². The maximum absolute atomic E-state index is 13.5. The first-order valence-corrected chi connectivity index (χ1v) is 7.45. The number of rotatable bonds is 6. The van der Waals surface area contributed by atoms with Crippen molar-refractivity contribution in [2.75, 3.05) is 11.9 Å². The van der Waals surface area contributed by atoms with Gasteiger partial charge in [0.05, 0.1) is 12.3 Å². The fourth-order valence-corrected chi connectivity index (χ4v) is 1.90. The molecule has 122 valence electrons. The molecule has 0 aliphatic carbocycles. The van der Waals surface area contributed by atoms with Crippen molar-refractivity contribution in [2.45, 2.75) is 20.3 Å². The van der Waals surface area contributed by atoms with E-state index < -0.39 is 17.5 Å². The second kappa shape index (κ2) is 7.72. The van der Waals surface area contributed by atoms with Gasteiger partial charge in [-0.05, 0) is 48.7 Å². The Balaban J connectivity index is 1.98.